The molecule has 298 valence electrons. The number of hydrogen-bond donors (Lipinski definition) is 0. The van der Waals surface area contributed by atoms with Crippen molar-refractivity contribution in [2.45, 2.75) is 261 Å². The van der Waals surface area contributed by atoms with Crippen molar-refractivity contribution in [2.24, 2.45) is 59.2 Å². The number of rotatable bonds is 0. The molecular formula is C50H98. The van der Waals surface area contributed by atoms with Crippen LogP contribution in [0.2, 0.25) is 0 Å². The summed E-state index contributed by atoms with van der Waals surface area (Å²) in [4.78, 5) is 0. The van der Waals surface area contributed by atoms with Gasteiger partial charge in [-0.1, -0.05) is 222 Å². The lowest BCUT2D eigenvalue weighted by Crippen LogP contribution is -2.38. The topological polar surface area (TPSA) is 0 Å². The van der Waals surface area contributed by atoms with Gasteiger partial charge in [0.15, 0.2) is 0 Å². The molecule has 0 aromatic rings. The lowest BCUT2D eigenvalue weighted by atomic mass is 9.56. The second kappa shape index (κ2) is 29.4. The zero-order valence-electron chi connectivity index (χ0n) is 36.4. The summed E-state index contributed by atoms with van der Waals surface area (Å²) in [6.45, 7) is 16.0. The third-order valence-corrected chi connectivity index (χ3v) is 14.8. The molecule has 50 heavy (non-hydrogen) atoms. The molecule has 12 rings (SSSR count). The Bertz CT molecular complexity index is 552. The molecule has 0 radical (unpaired) electrons. The average Bonchev–Trinajstić information content (AvgIpc) is 3.10. The van der Waals surface area contributed by atoms with Crippen molar-refractivity contribution in [1.82, 2.24) is 0 Å². The van der Waals surface area contributed by atoms with E-state index in [9.17, 15) is 0 Å². The Morgan fingerprint density at radius 1 is 0.180 bits per heavy atom. The minimum Gasteiger partial charge on any atom is -0.0683 e. The standard InChI is InChI=1S/2C11H20.C10H16.C10H18.4C2H6/c2*1-4-10-6-2-7-11(5-1)9-3-8-10;1-7-2-9-4-8(1)5-10(3-7)6-9;1-2-6-10-8-4-3-7-9(10)5-1;4*1-2/h2*10-11H,1-9H2;7-10H,1-6H2;9-10H,1-8H2;4*1-2H3. The zero-order chi connectivity index (χ0) is 36.4. The number of hydrogen-bond acceptors (Lipinski definition) is 0. The summed E-state index contributed by atoms with van der Waals surface area (Å²) in [7, 11) is 0. The Hall–Kier alpha value is 0. The van der Waals surface area contributed by atoms with Crippen LogP contribution in [0.3, 0.4) is 0 Å². The summed E-state index contributed by atoms with van der Waals surface area (Å²) in [5.41, 5.74) is 0. The molecule has 0 heterocycles. The summed E-state index contributed by atoms with van der Waals surface area (Å²) >= 11 is 0. The molecule has 12 saturated carbocycles. The van der Waals surface area contributed by atoms with E-state index in [-0.39, 0.29) is 0 Å². The lowest BCUT2D eigenvalue weighted by Gasteiger charge is -2.49. The van der Waals surface area contributed by atoms with Crippen LogP contribution in [0.5, 0.6) is 0 Å². The van der Waals surface area contributed by atoms with Crippen LogP contribution in [0.25, 0.3) is 0 Å². The second-order valence-electron chi connectivity index (χ2n) is 18.0. The molecule has 8 bridgehead atoms. The van der Waals surface area contributed by atoms with Gasteiger partial charge in [0.2, 0.25) is 0 Å². The largest absolute Gasteiger partial charge is 0.0683 e. The van der Waals surface area contributed by atoms with E-state index in [0.717, 1.165) is 35.5 Å². The van der Waals surface area contributed by atoms with E-state index in [1.807, 2.05) is 55.4 Å². The molecule has 0 N–H and O–H groups in total. The molecule has 0 amide bonds. The fourth-order valence-electron chi connectivity index (χ4n) is 12.7. The fourth-order valence-corrected chi connectivity index (χ4v) is 12.7. The van der Waals surface area contributed by atoms with Gasteiger partial charge >= 0.3 is 0 Å². The van der Waals surface area contributed by atoms with E-state index in [2.05, 4.69) is 0 Å². The van der Waals surface area contributed by atoms with Crippen molar-refractivity contribution in [3.05, 3.63) is 0 Å². The highest BCUT2D eigenvalue weighted by Crippen LogP contribution is 2.53. The van der Waals surface area contributed by atoms with Crippen LogP contribution in [-0.2, 0) is 0 Å². The van der Waals surface area contributed by atoms with E-state index in [0.29, 0.717) is 0 Å². The highest BCUT2D eigenvalue weighted by atomic mass is 14.5. The Labute approximate surface area is 319 Å². The minimum absolute atomic E-state index is 1.12. The number of fused-ring (bicyclic) bond motifs is 13. The van der Waals surface area contributed by atoms with Crippen molar-refractivity contribution in [3.63, 3.8) is 0 Å². The predicted octanol–water partition coefficient (Wildman–Crippen LogP) is 17.8. The molecule has 0 spiro atoms. The molecule has 12 aliphatic rings. The summed E-state index contributed by atoms with van der Waals surface area (Å²) in [6, 6.07) is 0. The van der Waals surface area contributed by atoms with Gasteiger partial charge in [-0.3, -0.25) is 0 Å². The molecular weight excluding hydrogens is 601 g/mol. The Morgan fingerprint density at radius 3 is 0.500 bits per heavy atom. The van der Waals surface area contributed by atoms with E-state index in [1.165, 1.54) is 87.9 Å². The fraction of sp³-hybridized carbons (Fsp3) is 1.00. The quantitative estimate of drug-likeness (QED) is 0.236. The van der Waals surface area contributed by atoms with E-state index in [1.54, 1.807) is 141 Å². The molecule has 12 aliphatic carbocycles. The third-order valence-electron chi connectivity index (χ3n) is 14.8. The normalized spacial score (nSPS) is 37.4. The smallest absolute Gasteiger partial charge is 0.0386 e. The zero-order valence-corrected chi connectivity index (χ0v) is 36.4. The maximum atomic E-state index is 2.00. The van der Waals surface area contributed by atoms with Crippen molar-refractivity contribution < 1.29 is 0 Å². The van der Waals surface area contributed by atoms with Crippen LogP contribution in [0.4, 0.5) is 0 Å². The first-order valence-corrected chi connectivity index (χ1v) is 24.8. The highest BCUT2D eigenvalue weighted by Gasteiger charge is 2.41. The molecule has 12 fully saturated rings. The van der Waals surface area contributed by atoms with E-state index < -0.39 is 0 Å². The molecule has 0 aromatic carbocycles. The first-order valence-electron chi connectivity index (χ1n) is 24.8. The molecule has 0 atom stereocenters. The van der Waals surface area contributed by atoms with Crippen LogP contribution in [-0.4, -0.2) is 0 Å². The molecule has 0 heteroatoms. The maximum absolute atomic E-state index is 2.00. The van der Waals surface area contributed by atoms with Gasteiger partial charge in [-0.05, 0) is 97.7 Å². The van der Waals surface area contributed by atoms with Crippen molar-refractivity contribution >= 4 is 0 Å². The van der Waals surface area contributed by atoms with Crippen LogP contribution in [0.15, 0.2) is 0 Å². The van der Waals surface area contributed by atoms with Crippen molar-refractivity contribution in [1.29, 1.82) is 0 Å². The van der Waals surface area contributed by atoms with Crippen LogP contribution < -0.4 is 0 Å². The maximum Gasteiger partial charge on any atom is -0.0386 e. The monoisotopic (exact) mass is 699 g/mol. The predicted molar refractivity (Wildman–Crippen MR) is 228 cm³/mol. The molecule has 0 unspecified atom stereocenters. The van der Waals surface area contributed by atoms with Gasteiger partial charge in [-0.2, -0.15) is 0 Å². The Kier molecular flexibility index (Phi) is 27.1. The van der Waals surface area contributed by atoms with Crippen LogP contribution >= 0.6 is 0 Å². The second-order valence-corrected chi connectivity index (χ2v) is 18.0. The third kappa shape index (κ3) is 17.4. The molecule has 0 saturated heterocycles. The molecule has 0 aliphatic heterocycles. The molecule has 0 aromatic heterocycles. The first-order chi connectivity index (χ1) is 24.8. The Balaban J connectivity index is 0.000000217. The van der Waals surface area contributed by atoms with Crippen LogP contribution in [0.1, 0.15) is 261 Å². The first kappa shape index (κ1) is 46.2. The summed E-state index contributed by atoms with van der Waals surface area (Å²) < 4.78 is 0. The van der Waals surface area contributed by atoms with Gasteiger partial charge in [0, 0.05) is 0 Å². The highest BCUT2D eigenvalue weighted by molar-refractivity contribution is 4.93. The van der Waals surface area contributed by atoms with Crippen molar-refractivity contribution in [3.8, 4) is 0 Å². The van der Waals surface area contributed by atoms with E-state index in [4.69, 9.17) is 0 Å². The minimum atomic E-state index is 1.12. The van der Waals surface area contributed by atoms with Gasteiger partial charge in [-0.15, -0.1) is 0 Å². The summed E-state index contributed by atoms with van der Waals surface area (Å²) in [5.74, 6) is 11.5. The van der Waals surface area contributed by atoms with Crippen LogP contribution in [0, 0.1) is 59.2 Å². The van der Waals surface area contributed by atoms with Gasteiger partial charge in [0.1, 0.15) is 0 Å². The van der Waals surface area contributed by atoms with E-state index >= 15 is 0 Å². The Morgan fingerprint density at radius 2 is 0.340 bits per heavy atom. The lowest BCUT2D eigenvalue weighted by molar-refractivity contribution is 0.0198. The van der Waals surface area contributed by atoms with Crippen molar-refractivity contribution in [2.75, 3.05) is 0 Å². The summed E-state index contributed by atoms with van der Waals surface area (Å²) in [5, 5.41) is 0. The average molecular weight is 699 g/mol. The van der Waals surface area contributed by atoms with Gasteiger partial charge in [-0.25, -0.2) is 0 Å². The van der Waals surface area contributed by atoms with Gasteiger partial charge in [0.25, 0.3) is 0 Å². The molecule has 0 nitrogen and oxygen atoms in total. The van der Waals surface area contributed by atoms with Gasteiger partial charge < -0.3 is 0 Å². The summed E-state index contributed by atoms with van der Waals surface area (Å²) in [6.07, 6.45) is 49.8. The van der Waals surface area contributed by atoms with Gasteiger partial charge in [0.05, 0.1) is 0 Å². The SMILES string of the molecule is C1C2CC3CC1CC(C2)C3.C1CC2CCCC(C1)CCC2.C1CC2CCCC(C1)CCC2.C1CCC2CCCCC2C1.CC.CC.CC.CC.